The van der Waals surface area contributed by atoms with Crippen molar-refractivity contribution in [3.8, 4) is 0 Å². The molecule has 5 heteroatoms. The van der Waals surface area contributed by atoms with Crippen molar-refractivity contribution in [2.24, 2.45) is 0 Å². The Hall–Kier alpha value is -1.20. The first-order chi connectivity index (χ1) is 9.54. The predicted molar refractivity (Wildman–Crippen MR) is 82.6 cm³/mol. The van der Waals surface area contributed by atoms with E-state index in [9.17, 15) is 4.39 Å². The Bertz CT molecular complexity index is 395. The lowest BCUT2D eigenvalue weighted by Crippen LogP contribution is -2.26. The number of pyridine rings is 1. The van der Waals surface area contributed by atoms with Gasteiger partial charge in [0.25, 0.3) is 0 Å². The maximum Gasteiger partial charge on any atom is 0.141 e. The smallest absolute Gasteiger partial charge is 0.141 e. The fraction of sp³-hybridized carbons (Fsp3) is 0.667. The maximum atomic E-state index is 13.4. The van der Waals surface area contributed by atoms with E-state index in [1.54, 1.807) is 6.07 Å². The molecule has 0 atom stereocenters. The highest BCUT2D eigenvalue weighted by Gasteiger charge is 2.10. The summed E-state index contributed by atoms with van der Waals surface area (Å²) in [6.07, 6.45) is 3.42. The Kier molecular flexibility index (Phi) is 7.47. The second kappa shape index (κ2) is 8.87. The largest absolute Gasteiger partial charge is 0.359 e. The van der Waals surface area contributed by atoms with Gasteiger partial charge in [-0.3, -0.25) is 0 Å². The van der Waals surface area contributed by atoms with Crippen LogP contribution < -0.4 is 10.2 Å². The molecule has 0 aliphatic heterocycles. The molecule has 1 N–H and O–H groups in total. The van der Waals surface area contributed by atoms with E-state index in [4.69, 9.17) is 0 Å². The molecule has 0 aliphatic rings. The first-order valence-electron chi connectivity index (χ1n) is 7.25. The van der Waals surface area contributed by atoms with Crippen LogP contribution in [0.5, 0.6) is 0 Å². The number of nitrogens with zero attached hydrogens (tertiary/aromatic N) is 3. The molecule has 0 bridgehead atoms. The first-order valence-corrected chi connectivity index (χ1v) is 7.25. The average Bonchev–Trinajstić information content (AvgIpc) is 2.38. The molecule has 1 rings (SSSR count). The standard InChI is InChI=1S/C15H27FN4/c1-5-7-17-11-13-10-14(16)12-18-15(13)20(4)9-6-8-19(2)3/h10,12,17H,5-9,11H2,1-4H3. The molecule has 4 nitrogen and oxygen atoms in total. The van der Waals surface area contributed by atoms with Crippen LogP contribution in [0.4, 0.5) is 10.2 Å². The molecule has 0 aliphatic carbocycles. The summed E-state index contributed by atoms with van der Waals surface area (Å²) in [5.41, 5.74) is 0.922. The van der Waals surface area contributed by atoms with Crippen molar-refractivity contribution in [3.05, 3.63) is 23.6 Å². The van der Waals surface area contributed by atoms with Crippen molar-refractivity contribution >= 4 is 5.82 Å². The van der Waals surface area contributed by atoms with Gasteiger partial charge in [-0.2, -0.15) is 0 Å². The summed E-state index contributed by atoms with van der Waals surface area (Å²) in [6, 6.07) is 1.58. The maximum absolute atomic E-state index is 13.4. The molecule has 0 aromatic carbocycles. The molecule has 0 saturated heterocycles. The lowest BCUT2D eigenvalue weighted by atomic mass is 10.2. The second-order valence-corrected chi connectivity index (χ2v) is 5.39. The number of rotatable bonds is 9. The van der Waals surface area contributed by atoms with E-state index in [2.05, 4.69) is 41.1 Å². The minimum atomic E-state index is -0.274. The Morgan fingerprint density at radius 2 is 2.00 bits per heavy atom. The van der Waals surface area contributed by atoms with Gasteiger partial charge in [0.1, 0.15) is 11.6 Å². The molecular weight excluding hydrogens is 255 g/mol. The fourth-order valence-electron chi connectivity index (χ4n) is 2.08. The average molecular weight is 282 g/mol. The van der Waals surface area contributed by atoms with Gasteiger partial charge >= 0.3 is 0 Å². The zero-order chi connectivity index (χ0) is 15.0. The topological polar surface area (TPSA) is 31.4 Å². The lowest BCUT2D eigenvalue weighted by molar-refractivity contribution is 0.401. The van der Waals surface area contributed by atoms with E-state index < -0.39 is 0 Å². The normalized spacial score (nSPS) is 11.1. The highest BCUT2D eigenvalue weighted by molar-refractivity contribution is 5.46. The van der Waals surface area contributed by atoms with Gasteiger partial charge in [0.15, 0.2) is 0 Å². The third kappa shape index (κ3) is 5.84. The van der Waals surface area contributed by atoms with E-state index in [0.29, 0.717) is 6.54 Å². The quantitative estimate of drug-likeness (QED) is 0.703. The van der Waals surface area contributed by atoms with Crippen molar-refractivity contribution in [2.75, 3.05) is 45.7 Å². The number of hydrogen-bond acceptors (Lipinski definition) is 4. The van der Waals surface area contributed by atoms with Gasteiger partial charge in [0.05, 0.1) is 6.20 Å². The van der Waals surface area contributed by atoms with E-state index >= 15 is 0 Å². The van der Waals surface area contributed by atoms with Gasteiger partial charge in [-0.1, -0.05) is 6.92 Å². The molecule has 1 aromatic heterocycles. The highest BCUT2D eigenvalue weighted by atomic mass is 19.1. The zero-order valence-corrected chi connectivity index (χ0v) is 13.1. The summed E-state index contributed by atoms with van der Waals surface area (Å²) in [7, 11) is 6.14. The van der Waals surface area contributed by atoms with Crippen LogP contribution in [0.2, 0.25) is 0 Å². The van der Waals surface area contributed by atoms with Gasteiger partial charge in [0, 0.05) is 25.7 Å². The molecule has 0 amide bonds. The van der Waals surface area contributed by atoms with E-state index in [-0.39, 0.29) is 5.82 Å². The van der Waals surface area contributed by atoms with Gasteiger partial charge in [-0.25, -0.2) is 9.37 Å². The summed E-state index contributed by atoms with van der Waals surface area (Å²) in [6.45, 7) is 5.66. The van der Waals surface area contributed by atoms with Crippen molar-refractivity contribution < 1.29 is 4.39 Å². The number of halogens is 1. The summed E-state index contributed by atoms with van der Waals surface area (Å²) in [5, 5.41) is 3.31. The molecule has 1 heterocycles. The SMILES string of the molecule is CCCNCc1cc(F)cnc1N(C)CCCN(C)C. The van der Waals surface area contributed by atoms with Crippen LogP contribution in [0.25, 0.3) is 0 Å². The molecular formula is C15H27FN4. The van der Waals surface area contributed by atoms with E-state index in [1.807, 2.05) is 7.05 Å². The third-order valence-electron chi connectivity index (χ3n) is 3.11. The van der Waals surface area contributed by atoms with Gasteiger partial charge in [-0.05, 0) is 46.1 Å². The molecule has 114 valence electrons. The first kappa shape index (κ1) is 16.9. The molecule has 0 saturated carbocycles. The van der Waals surface area contributed by atoms with Crippen LogP contribution >= 0.6 is 0 Å². The number of nitrogens with one attached hydrogen (secondary N) is 1. The van der Waals surface area contributed by atoms with Crippen LogP contribution in [0.1, 0.15) is 25.3 Å². The minimum Gasteiger partial charge on any atom is -0.359 e. The molecule has 0 radical (unpaired) electrons. The highest BCUT2D eigenvalue weighted by Crippen LogP contribution is 2.17. The minimum absolute atomic E-state index is 0.274. The van der Waals surface area contributed by atoms with Crippen LogP contribution in [0.15, 0.2) is 12.3 Å². The van der Waals surface area contributed by atoms with Crippen LogP contribution in [0.3, 0.4) is 0 Å². The molecule has 0 spiro atoms. The van der Waals surface area contributed by atoms with Crippen LogP contribution in [0, 0.1) is 5.82 Å². The molecule has 0 unspecified atom stereocenters. The molecule has 20 heavy (non-hydrogen) atoms. The number of hydrogen-bond donors (Lipinski definition) is 1. The fourth-order valence-corrected chi connectivity index (χ4v) is 2.08. The Balaban J connectivity index is 2.66. The van der Waals surface area contributed by atoms with Gasteiger partial charge < -0.3 is 15.1 Å². The van der Waals surface area contributed by atoms with Crippen LogP contribution in [-0.4, -0.2) is 50.7 Å². The van der Waals surface area contributed by atoms with Gasteiger partial charge in [0.2, 0.25) is 0 Å². The Morgan fingerprint density at radius 1 is 1.25 bits per heavy atom. The van der Waals surface area contributed by atoms with Crippen LogP contribution in [-0.2, 0) is 6.54 Å². The zero-order valence-electron chi connectivity index (χ0n) is 13.1. The number of aromatic nitrogens is 1. The summed E-state index contributed by atoms with van der Waals surface area (Å²) >= 11 is 0. The Labute approximate surface area is 122 Å². The van der Waals surface area contributed by atoms with Crippen molar-refractivity contribution in [2.45, 2.75) is 26.3 Å². The predicted octanol–water partition coefficient (Wildman–Crippen LogP) is 2.11. The summed E-state index contributed by atoms with van der Waals surface area (Å²) < 4.78 is 13.4. The summed E-state index contributed by atoms with van der Waals surface area (Å²) in [5.74, 6) is 0.595. The monoisotopic (exact) mass is 282 g/mol. The Morgan fingerprint density at radius 3 is 2.65 bits per heavy atom. The van der Waals surface area contributed by atoms with Crippen molar-refractivity contribution in [3.63, 3.8) is 0 Å². The molecule has 0 fully saturated rings. The number of anilines is 1. The van der Waals surface area contributed by atoms with Crippen molar-refractivity contribution in [1.82, 2.24) is 15.2 Å². The van der Waals surface area contributed by atoms with Crippen molar-refractivity contribution in [1.29, 1.82) is 0 Å². The second-order valence-electron chi connectivity index (χ2n) is 5.39. The lowest BCUT2D eigenvalue weighted by Gasteiger charge is -2.22. The molecule has 1 aromatic rings. The van der Waals surface area contributed by atoms with E-state index in [0.717, 1.165) is 43.9 Å². The third-order valence-corrected chi connectivity index (χ3v) is 3.11. The van der Waals surface area contributed by atoms with E-state index in [1.165, 1.54) is 6.20 Å². The summed E-state index contributed by atoms with van der Waals surface area (Å²) in [4.78, 5) is 8.52. The van der Waals surface area contributed by atoms with Gasteiger partial charge in [-0.15, -0.1) is 0 Å².